The van der Waals surface area contributed by atoms with Crippen molar-refractivity contribution in [3.05, 3.63) is 230 Å². The summed E-state index contributed by atoms with van der Waals surface area (Å²) < 4.78 is 4.72. The quantitative estimate of drug-likeness (QED) is 0.187. The number of para-hydroxylation sites is 3. The van der Waals surface area contributed by atoms with Crippen molar-refractivity contribution in [1.82, 2.24) is 24.1 Å². The predicted molar refractivity (Wildman–Crippen MR) is 291 cm³/mol. The Morgan fingerprint density at radius 3 is 1.90 bits per heavy atom. The summed E-state index contributed by atoms with van der Waals surface area (Å²) in [5.41, 5.74) is 21.0. The molecular weight excluding hydrogens is 851 g/mol. The monoisotopic (exact) mass is 893 g/mol. The Kier molecular flexibility index (Phi) is 8.06. The number of aromatic nitrogens is 5. The van der Waals surface area contributed by atoms with Gasteiger partial charge in [-0.15, -0.1) is 0 Å². The van der Waals surface area contributed by atoms with Crippen molar-refractivity contribution < 1.29 is 0 Å². The van der Waals surface area contributed by atoms with Gasteiger partial charge in [0.05, 0.1) is 33.3 Å². The molecule has 70 heavy (non-hydrogen) atoms. The van der Waals surface area contributed by atoms with Gasteiger partial charge in [0.1, 0.15) is 0 Å². The summed E-state index contributed by atoms with van der Waals surface area (Å²) >= 11 is 0. The third kappa shape index (κ3) is 5.48. The van der Waals surface area contributed by atoms with Crippen molar-refractivity contribution in [3.63, 3.8) is 0 Å². The normalized spacial score (nSPS) is 13.1. The van der Waals surface area contributed by atoms with Crippen molar-refractivity contribution in [3.8, 4) is 56.3 Å². The number of rotatable bonds is 5. The molecule has 0 atom stereocenters. The first kappa shape index (κ1) is 39.0. The van der Waals surface area contributed by atoms with Crippen molar-refractivity contribution >= 4 is 76.3 Å². The summed E-state index contributed by atoms with van der Waals surface area (Å²) in [6.07, 6.45) is 0. The highest BCUT2D eigenvalue weighted by Crippen LogP contribution is 2.53. The lowest BCUT2D eigenvalue weighted by atomic mass is 9.82. The molecule has 1 N–H and O–H groups in total. The molecule has 0 amide bonds. The van der Waals surface area contributed by atoms with Crippen LogP contribution < -0.4 is 0 Å². The summed E-state index contributed by atoms with van der Waals surface area (Å²) in [7, 11) is 0. The van der Waals surface area contributed by atoms with Gasteiger partial charge in [0.2, 0.25) is 5.95 Å². The van der Waals surface area contributed by atoms with Crippen LogP contribution in [0.5, 0.6) is 0 Å². The number of H-pyrrole nitrogens is 1. The van der Waals surface area contributed by atoms with Gasteiger partial charge in [-0.05, 0) is 106 Å². The number of nitrogens with zero attached hydrogens (tertiary/aromatic N) is 4. The summed E-state index contributed by atoms with van der Waals surface area (Å²) in [5.74, 6) is 0.656. The molecule has 0 bridgehead atoms. The Balaban J connectivity index is 0.897. The van der Waals surface area contributed by atoms with Gasteiger partial charge in [0.25, 0.3) is 0 Å². The van der Waals surface area contributed by atoms with Crippen molar-refractivity contribution in [2.45, 2.75) is 19.3 Å². The van der Waals surface area contributed by atoms with Gasteiger partial charge in [-0.2, -0.15) is 0 Å². The van der Waals surface area contributed by atoms with Crippen LogP contribution in [-0.2, 0) is 5.41 Å². The number of aromatic amines is 1. The lowest BCUT2D eigenvalue weighted by molar-refractivity contribution is 0.661. The second-order valence-corrected chi connectivity index (χ2v) is 19.4. The lowest BCUT2D eigenvalue weighted by Crippen LogP contribution is -2.14. The Hall–Kier alpha value is -9.06. The summed E-state index contributed by atoms with van der Waals surface area (Å²) in [4.78, 5) is 14.3. The Morgan fingerprint density at radius 1 is 0.400 bits per heavy atom. The maximum absolute atomic E-state index is 5.32. The van der Waals surface area contributed by atoms with E-state index >= 15 is 0 Å². The van der Waals surface area contributed by atoms with Crippen molar-refractivity contribution in [1.29, 1.82) is 0 Å². The third-order valence-corrected chi connectivity index (χ3v) is 15.3. The van der Waals surface area contributed by atoms with E-state index in [9.17, 15) is 0 Å². The molecule has 328 valence electrons. The summed E-state index contributed by atoms with van der Waals surface area (Å²) in [6, 6.07) is 79.4. The van der Waals surface area contributed by atoms with Crippen molar-refractivity contribution in [2.24, 2.45) is 0 Å². The van der Waals surface area contributed by atoms with E-state index in [1.165, 1.54) is 77.2 Å². The number of nitrogens with one attached hydrogen (secondary N) is 1. The van der Waals surface area contributed by atoms with Crippen LogP contribution in [0.4, 0.5) is 0 Å². The predicted octanol–water partition coefficient (Wildman–Crippen LogP) is 16.8. The lowest BCUT2D eigenvalue weighted by Gasteiger charge is -2.21. The van der Waals surface area contributed by atoms with Crippen molar-refractivity contribution in [2.75, 3.05) is 0 Å². The molecule has 0 fully saturated rings. The average molecular weight is 894 g/mol. The van der Waals surface area contributed by atoms with Crippen LogP contribution in [0, 0.1) is 0 Å². The fourth-order valence-corrected chi connectivity index (χ4v) is 12.0. The molecule has 1 aliphatic carbocycles. The highest BCUT2D eigenvalue weighted by Gasteiger charge is 2.37. The molecule has 5 heteroatoms. The van der Waals surface area contributed by atoms with Crippen LogP contribution >= 0.6 is 0 Å². The van der Waals surface area contributed by atoms with Crippen LogP contribution in [0.2, 0.25) is 0 Å². The minimum atomic E-state index is -0.0957. The molecule has 0 radical (unpaired) electrons. The highest BCUT2D eigenvalue weighted by molar-refractivity contribution is 6.19. The average Bonchev–Trinajstić information content (AvgIpc) is 4.13. The van der Waals surface area contributed by atoms with E-state index in [2.05, 4.69) is 240 Å². The first-order chi connectivity index (χ1) is 34.5. The minimum absolute atomic E-state index is 0.0957. The first-order valence-electron chi connectivity index (χ1n) is 24.2. The van der Waals surface area contributed by atoms with Crippen LogP contribution in [-0.4, -0.2) is 24.1 Å². The van der Waals surface area contributed by atoms with Crippen LogP contribution in [0.3, 0.4) is 0 Å². The molecule has 10 aromatic carbocycles. The molecule has 4 aromatic heterocycles. The van der Waals surface area contributed by atoms with Gasteiger partial charge in [0, 0.05) is 71.0 Å². The van der Waals surface area contributed by atoms with Gasteiger partial charge in [-0.25, -0.2) is 9.97 Å². The fraction of sp³-hybridized carbons (Fsp3) is 0.0462. The third-order valence-electron chi connectivity index (χ3n) is 15.3. The molecular formula is C65H43N5. The maximum Gasteiger partial charge on any atom is 0.235 e. The van der Waals surface area contributed by atoms with Gasteiger partial charge in [-0.1, -0.05) is 166 Å². The second kappa shape index (κ2) is 14.5. The Morgan fingerprint density at radius 2 is 1.04 bits per heavy atom. The molecule has 14 aromatic rings. The SMILES string of the molecule is CC1(C)c2ccccc2-c2c1ccc1c3cc(-c4ccc5[nH]c6cccc(-c7ccc8c(c7)c7ccccc7n8-c7nc(-c8ccccc8)c8ccccc8n7)c6c5c4)ccc3n(-c3ccccc3)c21. The molecule has 0 saturated carbocycles. The van der Waals surface area contributed by atoms with E-state index in [-0.39, 0.29) is 5.41 Å². The molecule has 4 heterocycles. The zero-order chi connectivity index (χ0) is 46.2. The van der Waals surface area contributed by atoms with Crippen LogP contribution in [0.15, 0.2) is 218 Å². The topological polar surface area (TPSA) is 51.4 Å². The molecule has 0 unspecified atom stereocenters. The maximum atomic E-state index is 5.32. The van der Waals surface area contributed by atoms with Crippen LogP contribution in [0.25, 0.3) is 133 Å². The first-order valence-corrected chi connectivity index (χ1v) is 24.2. The van der Waals surface area contributed by atoms with E-state index in [1.54, 1.807) is 0 Å². The van der Waals surface area contributed by atoms with E-state index in [0.29, 0.717) is 5.95 Å². The van der Waals surface area contributed by atoms with Gasteiger partial charge in [0.15, 0.2) is 0 Å². The molecule has 0 spiro atoms. The highest BCUT2D eigenvalue weighted by atomic mass is 15.2. The van der Waals surface area contributed by atoms with Crippen LogP contribution in [0.1, 0.15) is 25.0 Å². The zero-order valence-electron chi connectivity index (χ0n) is 38.6. The van der Waals surface area contributed by atoms with E-state index < -0.39 is 0 Å². The van der Waals surface area contributed by atoms with Gasteiger partial charge >= 0.3 is 0 Å². The number of hydrogen-bond donors (Lipinski definition) is 1. The zero-order valence-corrected chi connectivity index (χ0v) is 38.6. The van der Waals surface area contributed by atoms with Gasteiger partial charge in [-0.3, -0.25) is 4.57 Å². The molecule has 5 nitrogen and oxygen atoms in total. The Labute approximate surface area is 403 Å². The number of fused-ring (bicyclic) bond motifs is 14. The summed E-state index contributed by atoms with van der Waals surface area (Å²) in [5, 5.41) is 8.28. The number of benzene rings is 10. The number of hydrogen-bond acceptors (Lipinski definition) is 2. The summed E-state index contributed by atoms with van der Waals surface area (Å²) in [6.45, 7) is 4.73. The van der Waals surface area contributed by atoms with E-state index in [0.717, 1.165) is 60.6 Å². The smallest absolute Gasteiger partial charge is 0.235 e. The molecule has 0 saturated heterocycles. The molecule has 15 rings (SSSR count). The Bertz CT molecular complexity index is 4490. The largest absolute Gasteiger partial charge is 0.354 e. The molecule has 1 aliphatic rings. The van der Waals surface area contributed by atoms with E-state index in [4.69, 9.17) is 9.97 Å². The standard InChI is InChI=1S/C65H43N5/c1-65(2)52-24-12-9-21-47(52)61-53(65)32-31-46-50-36-41(29-34-58(50)69(63(46)61)43-18-7-4-8-19-43)40-28-33-55-51(37-40)60-44(23-15-26-56(60)66-55)42-30-35-59-49(38-42)45-20-11-14-27-57(45)70(59)64-67-54-25-13-10-22-48(54)62(68-64)39-16-5-3-6-17-39/h3-38,66H,1-2H3. The van der Waals surface area contributed by atoms with Gasteiger partial charge < -0.3 is 9.55 Å². The second-order valence-electron chi connectivity index (χ2n) is 19.4. The minimum Gasteiger partial charge on any atom is -0.354 e. The fourth-order valence-electron chi connectivity index (χ4n) is 12.0. The molecule has 0 aliphatic heterocycles. The van der Waals surface area contributed by atoms with E-state index in [1.807, 2.05) is 6.07 Å².